The van der Waals surface area contributed by atoms with Crippen molar-refractivity contribution in [3.63, 3.8) is 0 Å². The number of ether oxygens (including phenoxy) is 3. The van der Waals surface area contributed by atoms with Crippen LogP contribution in [0.25, 0.3) is 0 Å². The summed E-state index contributed by atoms with van der Waals surface area (Å²) in [5, 5.41) is 9.23. The van der Waals surface area contributed by atoms with Crippen molar-refractivity contribution in [3.8, 4) is 11.5 Å². The Labute approximate surface area is 217 Å². The topological polar surface area (TPSA) is 112 Å². The van der Waals surface area contributed by atoms with Gasteiger partial charge in [0.2, 0.25) is 0 Å². The van der Waals surface area contributed by atoms with Crippen molar-refractivity contribution in [2.45, 2.75) is 62.2 Å². The maximum absolute atomic E-state index is 11.8. The minimum absolute atomic E-state index is 0. The molecule has 0 atom stereocenters. The van der Waals surface area contributed by atoms with Gasteiger partial charge in [-0.2, -0.15) is 0 Å². The van der Waals surface area contributed by atoms with Crippen LogP contribution in [-0.2, 0) is 38.0 Å². The fourth-order valence-corrected chi connectivity index (χ4v) is 5.00. The molecule has 0 saturated heterocycles. The zero-order chi connectivity index (χ0) is 23.1. The summed E-state index contributed by atoms with van der Waals surface area (Å²) in [6.45, 7) is 1.57. The zero-order valence-electron chi connectivity index (χ0n) is 20.5. The van der Waals surface area contributed by atoms with Crippen LogP contribution >= 0.6 is 0 Å². The minimum Gasteiger partial charge on any atom is -0.870 e. The number of esters is 1. The predicted molar refractivity (Wildman–Crippen MR) is 124 cm³/mol. The van der Waals surface area contributed by atoms with Crippen molar-refractivity contribution in [1.29, 1.82) is 0 Å². The van der Waals surface area contributed by atoms with Crippen LogP contribution in [0.15, 0.2) is 36.4 Å². The van der Waals surface area contributed by atoms with Crippen LogP contribution in [0.4, 0.5) is 0 Å². The van der Waals surface area contributed by atoms with Crippen LogP contribution in [0.5, 0.6) is 11.5 Å². The molecule has 0 spiro atoms. The van der Waals surface area contributed by atoms with Gasteiger partial charge in [-0.15, -0.1) is 0 Å². The molecule has 2 aliphatic heterocycles. The number of benzene rings is 2. The summed E-state index contributed by atoms with van der Waals surface area (Å²) in [4.78, 5) is 23.0. The Hall–Kier alpha value is -2.46. The first-order valence-corrected chi connectivity index (χ1v) is 11.8. The maximum atomic E-state index is 11.8. The molecule has 2 N–H and O–H groups in total. The molecule has 2 aliphatic carbocycles. The third-order valence-corrected chi connectivity index (χ3v) is 7.41. The fourth-order valence-electron chi connectivity index (χ4n) is 5.00. The van der Waals surface area contributed by atoms with Gasteiger partial charge in [0.15, 0.2) is 0 Å². The third kappa shape index (κ3) is 5.09. The summed E-state index contributed by atoms with van der Waals surface area (Å²) in [5.74, 6) is 1.11. The van der Waals surface area contributed by atoms with Gasteiger partial charge in [-0.05, 0) is 85.8 Å². The van der Waals surface area contributed by atoms with Crippen LogP contribution in [-0.4, -0.2) is 42.8 Å². The number of carbonyl (C=O) groups excluding carboxylic acids is 1. The first-order valence-electron chi connectivity index (χ1n) is 11.8. The summed E-state index contributed by atoms with van der Waals surface area (Å²) < 4.78 is 16.0. The Morgan fingerprint density at radius 2 is 1.29 bits per heavy atom. The average Bonchev–Trinajstić information content (AvgIpc) is 3.77. The van der Waals surface area contributed by atoms with E-state index in [1.807, 2.05) is 30.3 Å². The normalized spacial score (nSPS) is 19.2. The average molecular weight is 474 g/mol. The van der Waals surface area contributed by atoms with Crippen LogP contribution in [0.2, 0.25) is 0 Å². The summed E-state index contributed by atoms with van der Waals surface area (Å²) in [7, 11) is 1.46. The van der Waals surface area contributed by atoms with Gasteiger partial charge in [-0.3, -0.25) is 9.59 Å². The number of carboxylic acid groups (broad SMARTS) is 1. The van der Waals surface area contributed by atoms with Crippen LogP contribution in [0.1, 0.15) is 60.8 Å². The van der Waals surface area contributed by atoms with Crippen molar-refractivity contribution in [3.05, 3.63) is 58.7 Å². The number of methoxy groups -OCH3 is 1. The second-order valence-corrected chi connectivity index (χ2v) is 9.51. The van der Waals surface area contributed by atoms with E-state index in [2.05, 4.69) is 6.07 Å². The predicted octanol–water partition coefficient (Wildman–Crippen LogP) is 1.17. The van der Waals surface area contributed by atoms with Gasteiger partial charge in [0.05, 0.1) is 31.2 Å². The summed E-state index contributed by atoms with van der Waals surface area (Å²) in [6, 6.07) is 12.0. The van der Waals surface area contributed by atoms with E-state index in [0.29, 0.717) is 0 Å². The third-order valence-electron chi connectivity index (χ3n) is 7.41. The van der Waals surface area contributed by atoms with Gasteiger partial charge >= 0.3 is 30.8 Å². The molecule has 8 heteroatoms. The molecular formula is C27H31LiO7. The summed E-state index contributed by atoms with van der Waals surface area (Å²) in [5.41, 5.74) is 3.48. The van der Waals surface area contributed by atoms with Gasteiger partial charge in [-0.25, -0.2) is 0 Å². The van der Waals surface area contributed by atoms with Gasteiger partial charge in [0, 0.05) is 0 Å². The SMILES string of the molecule is COC(=O)C1(c2ccc3c(c2)CCCO3)CC1.O=C(O)C1(c2ccc3c(c2)CCCO3)CC1.[Li+].[OH-]. The Morgan fingerprint density at radius 1 is 0.829 bits per heavy atom. The number of hydrogen-bond donors (Lipinski definition) is 1. The molecule has 0 unspecified atom stereocenters. The number of aryl methyl sites for hydroxylation is 2. The molecular weight excluding hydrogens is 443 g/mol. The Morgan fingerprint density at radius 3 is 1.69 bits per heavy atom. The van der Waals surface area contributed by atoms with Gasteiger partial charge < -0.3 is 24.8 Å². The molecule has 7 nitrogen and oxygen atoms in total. The van der Waals surface area contributed by atoms with Gasteiger partial charge in [-0.1, -0.05) is 24.3 Å². The van der Waals surface area contributed by atoms with E-state index >= 15 is 0 Å². The van der Waals surface area contributed by atoms with E-state index in [9.17, 15) is 14.7 Å². The number of rotatable bonds is 4. The number of carboxylic acids is 1. The quantitative estimate of drug-likeness (QED) is 0.523. The van der Waals surface area contributed by atoms with Crippen molar-refractivity contribution in [2.75, 3.05) is 20.3 Å². The smallest absolute Gasteiger partial charge is 0.870 e. The number of fused-ring (bicyclic) bond motifs is 2. The number of aliphatic carboxylic acids is 1. The largest absolute Gasteiger partial charge is 1.00 e. The van der Waals surface area contributed by atoms with Crippen molar-refractivity contribution < 1.29 is 53.2 Å². The molecule has 2 heterocycles. The van der Waals surface area contributed by atoms with E-state index in [0.717, 1.165) is 92.8 Å². The second kappa shape index (κ2) is 10.7. The minimum atomic E-state index is -0.691. The molecule has 0 radical (unpaired) electrons. The molecule has 182 valence electrons. The monoisotopic (exact) mass is 474 g/mol. The molecule has 4 aliphatic rings. The molecule has 0 amide bonds. The standard InChI is InChI=1S/C14H16O3.C13H14O3.Li.H2O/c1-16-13(15)14(6-7-14)11-4-5-12-10(9-11)3-2-8-17-12;14-12(15)13(5-6-13)10-3-4-11-9(8-10)2-1-7-16-11;;/h4-5,9H,2-3,6-8H2,1H3;3-4,8H,1-2,5-7H2,(H,14,15);;1H2/q;;+1;/p-1. The Balaban J connectivity index is 0.000000185. The van der Waals surface area contributed by atoms with Crippen LogP contribution < -0.4 is 28.3 Å². The molecule has 2 saturated carbocycles. The Bertz CT molecular complexity index is 1090. The van der Waals surface area contributed by atoms with Crippen LogP contribution in [0.3, 0.4) is 0 Å². The fraction of sp³-hybridized carbons (Fsp3) is 0.481. The van der Waals surface area contributed by atoms with Crippen molar-refractivity contribution >= 4 is 11.9 Å². The Kier molecular flexibility index (Phi) is 8.26. The van der Waals surface area contributed by atoms with Crippen molar-refractivity contribution in [1.82, 2.24) is 0 Å². The first kappa shape index (κ1) is 27.1. The molecule has 2 aromatic carbocycles. The van der Waals surface area contributed by atoms with E-state index in [1.54, 1.807) is 0 Å². The molecule has 2 fully saturated rings. The van der Waals surface area contributed by atoms with Gasteiger partial charge in [0.1, 0.15) is 11.5 Å². The zero-order valence-corrected chi connectivity index (χ0v) is 20.5. The maximum Gasteiger partial charge on any atom is 1.00 e. The molecule has 6 rings (SSSR count). The van der Waals surface area contributed by atoms with E-state index in [1.165, 1.54) is 12.7 Å². The summed E-state index contributed by atoms with van der Waals surface area (Å²) in [6.07, 6.45) is 7.46. The van der Waals surface area contributed by atoms with Crippen molar-refractivity contribution in [2.24, 2.45) is 0 Å². The van der Waals surface area contributed by atoms with Gasteiger partial charge in [0.25, 0.3) is 0 Å². The molecule has 35 heavy (non-hydrogen) atoms. The van der Waals surface area contributed by atoms with Crippen LogP contribution in [0, 0.1) is 0 Å². The van der Waals surface area contributed by atoms with E-state index < -0.39 is 11.4 Å². The summed E-state index contributed by atoms with van der Waals surface area (Å²) >= 11 is 0. The molecule has 0 aromatic heterocycles. The molecule has 2 aromatic rings. The number of carbonyl (C=O) groups is 2. The van der Waals surface area contributed by atoms with E-state index in [4.69, 9.17) is 14.2 Å². The molecule has 0 bridgehead atoms. The first-order chi connectivity index (χ1) is 16.0. The number of hydrogen-bond acceptors (Lipinski definition) is 6. The van der Waals surface area contributed by atoms with E-state index in [-0.39, 0.29) is 35.7 Å². The second-order valence-electron chi connectivity index (χ2n) is 9.51.